The summed E-state index contributed by atoms with van der Waals surface area (Å²) in [6.45, 7) is 0. The van der Waals surface area contributed by atoms with Crippen molar-refractivity contribution in [1.82, 2.24) is 0 Å². The Labute approximate surface area is 78.2 Å². The molecule has 1 aliphatic carbocycles. The van der Waals surface area contributed by atoms with Crippen molar-refractivity contribution in [2.45, 2.75) is 0 Å². The Morgan fingerprint density at radius 3 is 2.62 bits per heavy atom. The Morgan fingerprint density at radius 2 is 1.77 bits per heavy atom. The molecule has 0 nitrogen and oxygen atoms in total. The molecule has 0 aliphatic heterocycles. The van der Waals surface area contributed by atoms with Crippen LogP contribution in [0.1, 0.15) is 5.56 Å². The molecule has 2 rings (SSSR count). The van der Waals surface area contributed by atoms with Crippen molar-refractivity contribution in [3.63, 3.8) is 0 Å². The van der Waals surface area contributed by atoms with Gasteiger partial charge in [0.1, 0.15) is 0 Å². The van der Waals surface area contributed by atoms with Gasteiger partial charge in [0.2, 0.25) is 0 Å². The third-order valence-corrected chi connectivity index (χ3v) is 1.93. The van der Waals surface area contributed by atoms with Crippen LogP contribution < -0.4 is 0 Å². The van der Waals surface area contributed by atoms with Gasteiger partial charge in [0, 0.05) is 0 Å². The van der Waals surface area contributed by atoms with Crippen LogP contribution in [0.5, 0.6) is 0 Å². The zero-order valence-electron chi connectivity index (χ0n) is 7.27. The molecular weight excluding hydrogens is 156 g/mol. The summed E-state index contributed by atoms with van der Waals surface area (Å²) >= 11 is 0. The highest BCUT2D eigenvalue weighted by Crippen LogP contribution is 2.16. The largest absolute Gasteiger partial charge is 0.121 e. The molecule has 0 unspecified atom stereocenters. The van der Waals surface area contributed by atoms with Crippen LogP contribution in [0, 0.1) is 0 Å². The zero-order chi connectivity index (χ0) is 8.93. The van der Waals surface area contributed by atoms with Crippen molar-refractivity contribution >= 4 is 5.57 Å². The summed E-state index contributed by atoms with van der Waals surface area (Å²) in [5.41, 5.74) is 5.50. The number of hydrogen-bond acceptors (Lipinski definition) is 0. The lowest BCUT2D eigenvalue weighted by atomic mass is 10.1. The fourth-order valence-electron chi connectivity index (χ4n) is 1.28. The lowest BCUT2D eigenvalue weighted by Crippen LogP contribution is -1.77. The van der Waals surface area contributed by atoms with E-state index >= 15 is 0 Å². The maximum Gasteiger partial charge on any atom is -0.0178 e. The van der Waals surface area contributed by atoms with E-state index in [1.54, 1.807) is 0 Å². The molecule has 0 N–H and O–H groups in total. The Hall–Kier alpha value is -1.78. The highest BCUT2D eigenvalue weighted by atomic mass is 14.0. The minimum Gasteiger partial charge on any atom is -0.121 e. The van der Waals surface area contributed by atoms with Crippen molar-refractivity contribution in [3.8, 4) is 0 Å². The SMILES string of the molecule is C1=CC=CC(c2ccccc2)=CC=1. The minimum absolute atomic E-state index is 1.22. The first-order valence-electron chi connectivity index (χ1n) is 4.32. The molecular formula is C13H10. The van der Waals surface area contributed by atoms with E-state index < -0.39 is 0 Å². The molecule has 1 aromatic rings. The summed E-state index contributed by atoms with van der Waals surface area (Å²) in [6.07, 6.45) is 10.00. The molecule has 0 atom stereocenters. The van der Waals surface area contributed by atoms with Gasteiger partial charge in [-0.15, -0.1) is 5.73 Å². The van der Waals surface area contributed by atoms with Crippen LogP contribution >= 0.6 is 0 Å². The van der Waals surface area contributed by atoms with Gasteiger partial charge in [-0.25, -0.2) is 0 Å². The summed E-state index contributed by atoms with van der Waals surface area (Å²) in [6, 6.07) is 10.3. The second-order valence-corrected chi connectivity index (χ2v) is 2.85. The van der Waals surface area contributed by atoms with Gasteiger partial charge in [-0.1, -0.05) is 42.5 Å². The monoisotopic (exact) mass is 166 g/mol. The van der Waals surface area contributed by atoms with Crippen molar-refractivity contribution in [2.24, 2.45) is 0 Å². The van der Waals surface area contributed by atoms with E-state index in [9.17, 15) is 0 Å². The molecule has 0 bridgehead atoms. The van der Waals surface area contributed by atoms with Crippen LogP contribution in [0.25, 0.3) is 5.57 Å². The fourth-order valence-corrected chi connectivity index (χ4v) is 1.28. The maximum atomic E-state index is 3.03. The third kappa shape index (κ3) is 1.87. The zero-order valence-corrected chi connectivity index (χ0v) is 7.27. The Kier molecular flexibility index (Phi) is 2.26. The Morgan fingerprint density at radius 1 is 0.923 bits per heavy atom. The highest BCUT2D eigenvalue weighted by molar-refractivity contribution is 5.75. The topological polar surface area (TPSA) is 0 Å². The van der Waals surface area contributed by atoms with E-state index in [1.807, 2.05) is 36.4 Å². The first kappa shape index (κ1) is 7.85. The fraction of sp³-hybridized carbons (Fsp3) is 0. The van der Waals surface area contributed by atoms with Gasteiger partial charge in [0.15, 0.2) is 0 Å². The molecule has 0 saturated carbocycles. The predicted octanol–water partition coefficient (Wildman–Crippen LogP) is 3.35. The van der Waals surface area contributed by atoms with Gasteiger partial charge in [0.05, 0.1) is 0 Å². The molecule has 1 aromatic carbocycles. The lowest BCUT2D eigenvalue weighted by molar-refractivity contribution is 1.62. The third-order valence-electron chi connectivity index (χ3n) is 1.93. The molecule has 0 aromatic heterocycles. The number of hydrogen-bond donors (Lipinski definition) is 0. The molecule has 0 amide bonds. The summed E-state index contributed by atoms with van der Waals surface area (Å²) < 4.78 is 0. The summed E-state index contributed by atoms with van der Waals surface area (Å²) in [7, 11) is 0. The van der Waals surface area contributed by atoms with E-state index in [0.29, 0.717) is 0 Å². The maximum absolute atomic E-state index is 3.03. The van der Waals surface area contributed by atoms with Crippen LogP contribution in [0.3, 0.4) is 0 Å². The molecule has 0 heteroatoms. The van der Waals surface area contributed by atoms with E-state index in [4.69, 9.17) is 0 Å². The first-order valence-corrected chi connectivity index (χ1v) is 4.32. The molecule has 0 fully saturated rings. The van der Waals surface area contributed by atoms with Crippen molar-refractivity contribution in [1.29, 1.82) is 0 Å². The molecule has 13 heavy (non-hydrogen) atoms. The Balaban J connectivity index is 2.39. The summed E-state index contributed by atoms with van der Waals surface area (Å²) in [4.78, 5) is 0. The smallest absolute Gasteiger partial charge is 0.0178 e. The van der Waals surface area contributed by atoms with E-state index in [1.165, 1.54) is 11.1 Å². The minimum atomic E-state index is 1.22. The van der Waals surface area contributed by atoms with Gasteiger partial charge >= 0.3 is 0 Å². The molecule has 0 saturated heterocycles. The average Bonchev–Trinajstić information content (AvgIpc) is 2.47. The lowest BCUT2D eigenvalue weighted by Gasteiger charge is -1.99. The van der Waals surface area contributed by atoms with Crippen molar-refractivity contribution in [2.75, 3.05) is 0 Å². The quantitative estimate of drug-likeness (QED) is 0.561. The number of allylic oxidation sites excluding steroid dienone is 5. The highest BCUT2D eigenvalue weighted by Gasteiger charge is 1.94. The molecule has 62 valence electrons. The van der Waals surface area contributed by atoms with Crippen LogP contribution in [-0.2, 0) is 0 Å². The number of benzene rings is 1. The first-order chi connectivity index (χ1) is 6.47. The van der Waals surface area contributed by atoms with Gasteiger partial charge in [-0.2, -0.15) is 0 Å². The molecule has 1 aliphatic rings. The van der Waals surface area contributed by atoms with E-state index in [2.05, 4.69) is 30.0 Å². The van der Waals surface area contributed by atoms with Gasteiger partial charge in [-0.05, 0) is 29.4 Å². The van der Waals surface area contributed by atoms with Crippen LogP contribution in [0.4, 0.5) is 0 Å². The van der Waals surface area contributed by atoms with Gasteiger partial charge in [0.25, 0.3) is 0 Å². The number of rotatable bonds is 1. The van der Waals surface area contributed by atoms with E-state index in [0.717, 1.165) is 0 Å². The average molecular weight is 166 g/mol. The van der Waals surface area contributed by atoms with Crippen LogP contribution in [-0.4, -0.2) is 0 Å². The second-order valence-electron chi connectivity index (χ2n) is 2.85. The Bertz CT molecular complexity index is 399. The van der Waals surface area contributed by atoms with Crippen LogP contribution in [0.15, 0.2) is 66.4 Å². The molecule has 0 radical (unpaired) electrons. The standard InChI is InChI=1S/C13H10/c1-2-5-9-12(8-4-1)13-10-6-3-7-11-13/h1,3-11H. The van der Waals surface area contributed by atoms with E-state index in [-0.39, 0.29) is 0 Å². The summed E-state index contributed by atoms with van der Waals surface area (Å²) in [5.74, 6) is 0. The predicted molar refractivity (Wildman–Crippen MR) is 56.2 cm³/mol. The summed E-state index contributed by atoms with van der Waals surface area (Å²) in [5, 5.41) is 0. The van der Waals surface area contributed by atoms with Crippen molar-refractivity contribution < 1.29 is 0 Å². The van der Waals surface area contributed by atoms with Gasteiger partial charge < -0.3 is 0 Å². The normalized spacial score (nSPS) is 14.0. The second kappa shape index (κ2) is 3.75. The molecule has 0 heterocycles. The molecule has 0 spiro atoms. The van der Waals surface area contributed by atoms with Gasteiger partial charge in [-0.3, -0.25) is 0 Å². The van der Waals surface area contributed by atoms with Crippen molar-refractivity contribution in [3.05, 3.63) is 72.0 Å². The van der Waals surface area contributed by atoms with Crippen LogP contribution in [0.2, 0.25) is 0 Å².